The van der Waals surface area contributed by atoms with Crippen molar-refractivity contribution in [3.05, 3.63) is 87.7 Å². The molecule has 0 aliphatic carbocycles. The topological polar surface area (TPSA) is 66.6 Å². The summed E-state index contributed by atoms with van der Waals surface area (Å²) in [5, 5.41) is 14.1. The van der Waals surface area contributed by atoms with Gasteiger partial charge in [-0.1, -0.05) is 52.3 Å². The van der Waals surface area contributed by atoms with Gasteiger partial charge in [0.2, 0.25) is 0 Å². The molecule has 1 atom stereocenters. The molecule has 6 heteroatoms. The quantitative estimate of drug-likeness (QED) is 0.478. The van der Waals surface area contributed by atoms with E-state index in [0.717, 1.165) is 27.1 Å². The summed E-state index contributed by atoms with van der Waals surface area (Å²) in [6.07, 6.45) is 0.337. The van der Waals surface area contributed by atoms with Crippen molar-refractivity contribution in [1.82, 2.24) is 9.99 Å². The molecule has 0 fully saturated rings. The Hall–Kier alpha value is -2.70. The maximum Gasteiger partial charge on any atom is 0.273 e. The first-order valence-electron chi connectivity index (χ1n) is 8.48. The predicted molar refractivity (Wildman–Crippen MR) is 110 cm³/mol. The third-order valence-electron chi connectivity index (χ3n) is 4.28. The number of hydrogen-bond acceptors (Lipinski definition) is 3. The minimum Gasteiger partial charge on any atom is -0.378 e. The summed E-state index contributed by atoms with van der Waals surface area (Å²) >= 11 is 3.50. The maximum atomic E-state index is 12.1. The molecule has 0 aliphatic heterocycles. The summed E-state index contributed by atoms with van der Waals surface area (Å²) in [7, 11) is 0. The zero-order valence-electron chi connectivity index (χ0n) is 15.1. The lowest BCUT2D eigenvalue weighted by Crippen LogP contribution is -2.25. The molecule has 1 amide bonds. The third kappa shape index (κ3) is 4.35. The SMILES string of the molecule is Cc1cc(/C=N\NC(=O)[C@@H](O)c2ccccc2)c(C)n1-c1cccc(Br)c1. The number of carbonyl (C=O) groups is 1. The van der Waals surface area contributed by atoms with Crippen LogP contribution in [0.3, 0.4) is 0 Å². The van der Waals surface area contributed by atoms with Crippen LogP contribution in [0.4, 0.5) is 0 Å². The number of benzene rings is 2. The standard InChI is InChI=1S/C21H20BrN3O2/c1-14-11-17(15(2)25(14)19-10-6-9-18(22)12-19)13-23-24-21(27)20(26)16-7-4-3-5-8-16/h3-13,20,26H,1-2H3,(H,24,27)/b23-13-/t20-/m0/s1. The van der Waals surface area contributed by atoms with E-state index in [-0.39, 0.29) is 0 Å². The highest BCUT2D eigenvalue weighted by Crippen LogP contribution is 2.22. The van der Waals surface area contributed by atoms with Crippen molar-refractivity contribution in [3.63, 3.8) is 0 Å². The van der Waals surface area contributed by atoms with E-state index in [4.69, 9.17) is 0 Å². The molecule has 2 N–H and O–H groups in total. The van der Waals surface area contributed by atoms with Gasteiger partial charge in [-0.15, -0.1) is 0 Å². The number of amides is 1. The third-order valence-corrected chi connectivity index (χ3v) is 4.77. The van der Waals surface area contributed by atoms with E-state index in [1.165, 1.54) is 0 Å². The number of rotatable bonds is 5. The van der Waals surface area contributed by atoms with E-state index in [2.05, 4.69) is 31.0 Å². The van der Waals surface area contributed by atoms with Gasteiger partial charge in [-0.2, -0.15) is 5.10 Å². The number of nitrogens with zero attached hydrogens (tertiary/aromatic N) is 2. The molecule has 1 heterocycles. The van der Waals surface area contributed by atoms with Crippen LogP contribution in [0.25, 0.3) is 5.69 Å². The highest BCUT2D eigenvalue weighted by atomic mass is 79.9. The number of aryl methyl sites for hydroxylation is 1. The second kappa shape index (κ2) is 8.33. The van der Waals surface area contributed by atoms with Crippen LogP contribution in [0.15, 0.2) is 70.2 Å². The lowest BCUT2D eigenvalue weighted by Gasteiger charge is -2.10. The molecule has 3 aromatic rings. The van der Waals surface area contributed by atoms with Gasteiger partial charge >= 0.3 is 0 Å². The van der Waals surface area contributed by atoms with Crippen LogP contribution in [-0.2, 0) is 4.79 Å². The average Bonchev–Trinajstić information content (AvgIpc) is 2.95. The number of carbonyl (C=O) groups excluding carboxylic acids is 1. The Morgan fingerprint density at radius 1 is 1.15 bits per heavy atom. The predicted octanol–water partition coefficient (Wildman–Crippen LogP) is 4.04. The number of nitrogens with one attached hydrogen (secondary N) is 1. The molecule has 27 heavy (non-hydrogen) atoms. The number of halogens is 1. The summed E-state index contributed by atoms with van der Waals surface area (Å²) in [6, 6.07) is 18.8. The van der Waals surface area contributed by atoms with Crippen molar-refractivity contribution in [3.8, 4) is 5.69 Å². The molecule has 0 saturated heterocycles. The van der Waals surface area contributed by atoms with Crippen LogP contribution in [-0.4, -0.2) is 21.8 Å². The molecule has 1 aromatic heterocycles. The summed E-state index contributed by atoms with van der Waals surface area (Å²) in [4.78, 5) is 12.1. The van der Waals surface area contributed by atoms with Crippen LogP contribution in [0, 0.1) is 13.8 Å². The molecule has 3 rings (SSSR count). The normalized spacial score (nSPS) is 12.3. The second-order valence-electron chi connectivity index (χ2n) is 6.19. The van der Waals surface area contributed by atoms with Gasteiger partial charge in [0, 0.05) is 27.1 Å². The van der Waals surface area contributed by atoms with Crippen LogP contribution < -0.4 is 5.43 Å². The molecule has 138 valence electrons. The van der Waals surface area contributed by atoms with Crippen molar-refractivity contribution in [1.29, 1.82) is 0 Å². The van der Waals surface area contributed by atoms with Crippen LogP contribution in [0.1, 0.15) is 28.6 Å². The Morgan fingerprint density at radius 3 is 2.59 bits per heavy atom. The van der Waals surface area contributed by atoms with E-state index >= 15 is 0 Å². The average molecular weight is 426 g/mol. The number of aliphatic hydroxyl groups excluding tert-OH is 1. The molecule has 0 aliphatic rings. The minimum absolute atomic E-state index is 0.526. The van der Waals surface area contributed by atoms with E-state index in [1.807, 2.05) is 50.2 Å². The van der Waals surface area contributed by atoms with Gasteiger partial charge in [0.1, 0.15) is 0 Å². The van der Waals surface area contributed by atoms with Gasteiger partial charge in [-0.05, 0) is 43.7 Å². The Kier molecular flexibility index (Phi) is 5.88. The summed E-state index contributed by atoms with van der Waals surface area (Å²) < 4.78 is 3.12. The van der Waals surface area contributed by atoms with Crippen molar-refractivity contribution in [2.24, 2.45) is 5.10 Å². The van der Waals surface area contributed by atoms with Crippen LogP contribution in [0.5, 0.6) is 0 Å². The highest BCUT2D eigenvalue weighted by Gasteiger charge is 2.16. The first-order valence-corrected chi connectivity index (χ1v) is 9.27. The summed E-state index contributed by atoms with van der Waals surface area (Å²) in [6.45, 7) is 4.01. The number of aliphatic hydroxyl groups is 1. The van der Waals surface area contributed by atoms with Gasteiger partial charge in [-0.3, -0.25) is 4.79 Å². The first kappa shape index (κ1) is 19.1. The van der Waals surface area contributed by atoms with Crippen LogP contribution in [0.2, 0.25) is 0 Å². The van der Waals surface area contributed by atoms with Crippen LogP contribution >= 0.6 is 15.9 Å². The lowest BCUT2D eigenvalue weighted by molar-refractivity contribution is -0.129. The second-order valence-corrected chi connectivity index (χ2v) is 7.10. The smallest absolute Gasteiger partial charge is 0.273 e. The molecular formula is C21H20BrN3O2. The Morgan fingerprint density at radius 2 is 1.89 bits per heavy atom. The highest BCUT2D eigenvalue weighted by molar-refractivity contribution is 9.10. The molecule has 2 aromatic carbocycles. The van der Waals surface area contributed by atoms with E-state index in [1.54, 1.807) is 30.5 Å². The molecule has 0 bridgehead atoms. The molecule has 5 nitrogen and oxygen atoms in total. The van der Waals surface area contributed by atoms with Gasteiger partial charge in [0.05, 0.1) is 6.21 Å². The number of hydrazone groups is 1. The summed E-state index contributed by atoms with van der Waals surface area (Å²) in [5.74, 6) is -0.571. The van der Waals surface area contributed by atoms with Crippen molar-refractivity contribution in [2.45, 2.75) is 20.0 Å². The fraction of sp³-hybridized carbons (Fsp3) is 0.143. The van der Waals surface area contributed by atoms with Gasteiger partial charge in [-0.25, -0.2) is 5.43 Å². The first-order chi connectivity index (χ1) is 13.0. The van der Waals surface area contributed by atoms with Crippen molar-refractivity contribution < 1.29 is 9.90 Å². The zero-order valence-corrected chi connectivity index (χ0v) is 16.6. The molecule has 0 saturated carbocycles. The summed E-state index contributed by atoms with van der Waals surface area (Å²) in [5.41, 5.74) is 6.92. The Balaban J connectivity index is 1.75. The number of aromatic nitrogens is 1. The Labute approximate surface area is 166 Å². The van der Waals surface area contributed by atoms with Gasteiger partial charge < -0.3 is 9.67 Å². The van der Waals surface area contributed by atoms with E-state index in [9.17, 15) is 9.90 Å². The molecule has 0 radical (unpaired) electrons. The molecular weight excluding hydrogens is 406 g/mol. The lowest BCUT2D eigenvalue weighted by atomic mass is 10.1. The fourth-order valence-corrected chi connectivity index (χ4v) is 3.33. The monoisotopic (exact) mass is 425 g/mol. The maximum absolute atomic E-state index is 12.1. The fourth-order valence-electron chi connectivity index (χ4n) is 2.94. The molecule has 0 spiro atoms. The van der Waals surface area contributed by atoms with Gasteiger partial charge in [0.25, 0.3) is 5.91 Å². The van der Waals surface area contributed by atoms with E-state index in [0.29, 0.717) is 5.56 Å². The van der Waals surface area contributed by atoms with Crippen molar-refractivity contribution in [2.75, 3.05) is 0 Å². The molecule has 0 unspecified atom stereocenters. The number of hydrogen-bond donors (Lipinski definition) is 2. The Bertz CT molecular complexity index is 980. The van der Waals surface area contributed by atoms with E-state index < -0.39 is 12.0 Å². The minimum atomic E-state index is -1.25. The van der Waals surface area contributed by atoms with Crippen molar-refractivity contribution >= 4 is 28.1 Å². The van der Waals surface area contributed by atoms with Gasteiger partial charge in [0.15, 0.2) is 6.10 Å². The largest absolute Gasteiger partial charge is 0.378 e. The zero-order chi connectivity index (χ0) is 19.4.